The number of pyridine rings is 1. The van der Waals surface area contributed by atoms with Crippen molar-refractivity contribution in [2.75, 3.05) is 11.9 Å². The Morgan fingerprint density at radius 1 is 1.35 bits per heavy atom. The monoisotopic (exact) mass is 383 g/mol. The van der Waals surface area contributed by atoms with Gasteiger partial charge in [0, 0.05) is 17.6 Å². The van der Waals surface area contributed by atoms with E-state index in [1.165, 1.54) is 4.90 Å². The first-order chi connectivity index (χ1) is 12.2. The van der Waals surface area contributed by atoms with E-state index in [1.807, 2.05) is 0 Å². The number of alkyl halides is 3. The number of carbonyl (C=O) groups is 2. The van der Waals surface area contributed by atoms with Gasteiger partial charge in [0.2, 0.25) is 5.91 Å². The van der Waals surface area contributed by atoms with Crippen molar-refractivity contribution in [2.45, 2.75) is 44.8 Å². The minimum Gasteiger partial charge on any atom is -0.326 e. The number of nitrogens with zero attached hydrogens (tertiary/aromatic N) is 2. The Labute approximate surface area is 151 Å². The SMILES string of the molecule is CC(C)c1cc(C(F)(F)F)c2c3c(sc2n1)C(=O)N1CCC[C@@H]1C(=O)N3. The van der Waals surface area contributed by atoms with E-state index >= 15 is 0 Å². The molecule has 4 rings (SSSR count). The molecule has 5 nitrogen and oxygen atoms in total. The molecule has 4 heterocycles. The summed E-state index contributed by atoms with van der Waals surface area (Å²) in [5.74, 6) is -1.03. The van der Waals surface area contributed by atoms with Crippen LogP contribution in [0.25, 0.3) is 10.2 Å². The zero-order valence-electron chi connectivity index (χ0n) is 14.1. The Kier molecular flexibility index (Phi) is 3.76. The zero-order chi connectivity index (χ0) is 18.8. The highest BCUT2D eigenvalue weighted by molar-refractivity contribution is 7.21. The average Bonchev–Trinajstić information content (AvgIpc) is 3.15. The quantitative estimate of drug-likeness (QED) is 0.810. The standard InChI is InChI=1S/C17H16F3N3O2S/c1-7(2)9-6-8(17(18,19)20)11-12-13(26-15(11)21-9)16(25)23-5-3-4-10(23)14(24)22-12/h6-7,10H,3-5H2,1-2H3,(H,22,24)/t10-/m1/s1. The topological polar surface area (TPSA) is 62.3 Å². The number of thiophene rings is 1. The molecular formula is C17H16F3N3O2S. The van der Waals surface area contributed by atoms with Crippen LogP contribution in [0.1, 0.15) is 53.5 Å². The Bertz CT molecular complexity index is 935. The molecule has 2 aromatic rings. The molecule has 2 aliphatic rings. The summed E-state index contributed by atoms with van der Waals surface area (Å²) in [5, 5.41) is 2.39. The van der Waals surface area contributed by atoms with Gasteiger partial charge in [-0.3, -0.25) is 9.59 Å². The van der Waals surface area contributed by atoms with Gasteiger partial charge in [-0.05, 0) is 24.8 Å². The number of hydrogen-bond acceptors (Lipinski definition) is 4. The van der Waals surface area contributed by atoms with Gasteiger partial charge < -0.3 is 10.2 Å². The first-order valence-electron chi connectivity index (χ1n) is 8.35. The lowest BCUT2D eigenvalue weighted by atomic mass is 10.0. The maximum Gasteiger partial charge on any atom is 0.417 e. The number of hydrogen-bond donors (Lipinski definition) is 1. The molecule has 0 unspecified atom stereocenters. The minimum atomic E-state index is -4.62. The first kappa shape index (κ1) is 17.3. The highest BCUT2D eigenvalue weighted by Crippen LogP contribution is 2.46. The summed E-state index contributed by atoms with van der Waals surface area (Å²) in [6.45, 7) is 3.95. The Hall–Kier alpha value is -2.16. The summed E-state index contributed by atoms with van der Waals surface area (Å²) < 4.78 is 41.1. The summed E-state index contributed by atoms with van der Waals surface area (Å²) in [5.41, 5.74) is -0.609. The summed E-state index contributed by atoms with van der Waals surface area (Å²) in [4.78, 5) is 31.4. The van der Waals surface area contributed by atoms with Gasteiger partial charge in [0.05, 0.1) is 11.3 Å². The third kappa shape index (κ3) is 2.48. The third-order valence-electron chi connectivity index (χ3n) is 4.84. The van der Waals surface area contributed by atoms with Gasteiger partial charge in [-0.1, -0.05) is 13.8 Å². The molecule has 2 amide bonds. The Morgan fingerprint density at radius 3 is 2.73 bits per heavy atom. The number of aromatic nitrogens is 1. The van der Waals surface area contributed by atoms with Crippen LogP contribution in [0.3, 0.4) is 0 Å². The van der Waals surface area contributed by atoms with Crippen molar-refractivity contribution in [1.29, 1.82) is 0 Å². The summed E-state index contributed by atoms with van der Waals surface area (Å²) >= 11 is 0.917. The molecule has 2 aliphatic heterocycles. The summed E-state index contributed by atoms with van der Waals surface area (Å²) in [6.07, 6.45) is -3.39. The summed E-state index contributed by atoms with van der Waals surface area (Å²) in [6, 6.07) is 0.400. The van der Waals surface area contributed by atoms with Crippen LogP contribution in [-0.4, -0.2) is 34.3 Å². The van der Waals surface area contributed by atoms with Crippen molar-refractivity contribution in [3.05, 3.63) is 22.2 Å². The van der Waals surface area contributed by atoms with E-state index in [1.54, 1.807) is 13.8 Å². The largest absolute Gasteiger partial charge is 0.417 e. The molecule has 0 radical (unpaired) electrons. The summed E-state index contributed by atoms with van der Waals surface area (Å²) in [7, 11) is 0. The van der Waals surface area contributed by atoms with Crippen molar-refractivity contribution in [1.82, 2.24) is 9.88 Å². The van der Waals surface area contributed by atoms with Gasteiger partial charge in [-0.2, -0.15) is 13.2 Å². The number of anilines is 1. The maximum absolute atomic E-state index is 13.7. The molecule has 0 saturated carbocycles. The van der Waals surface area contributed by atoms with Crippen molar-refractivity contribution in [2.24, 2.45) is 0 Å². The van der Waals surface area contributed by atoms with Gasteiger partial charge in [0.1, 0.15) is 15.7 Å². The molecule has 2 aromatic heterocycles. The van der Waals surface area contributed by atoms with Crippen LogP contribution in [0, 0.1) is 0 Å². The molecule has 9 heteroatoms. The average molecular weight is 383 g/mol. The molecule has 0 spiro atoms. The van der Waals surface area contributed by atoms with Crippen LogP contribution in [0.4, 0.5) is 18.9 Å². The fourth-order valence-corrected chi connectivity index (χ4v) is 4.64. The lowest BCUT2D eigenvalue weighted by Gasteiger charge is -2.19. The molecule has 1 N–H and O–H groups in total. The van der Waals surface area contributed by atoms with Crippen LogP contribution in [-0.2, 0) is 11.0 Å². The molecule has 1 saturated heterocycles. The van der Waals surface area contributed by atoms with Crippen molar-refractivity contribution in [3.8, 4) is 0 Å². The Morgan fingerprint density at radius 2 is 2.08 bits per heavy atom. The lowest BCUT2D eigenvalue weighted by molar-refractivity contribution is -0.136. The van der Waals surface area contributed by atoms with Gasteiger partial charge in [-0.15, -0.1) is 11.3 Å². The van der Waals surface area contributed by atoms with Gasteiger partial charge in [0.25, 0.3) is 5.91 Å². The number of fused-ring (bicyclic) bond motifs is 4. The second-order valence-electron chi connectivity index (χ2n) is 6.88. The van der Waals surface area contributed by atoms with Crippen LogP contribution in [0.5, 0.6) is 0 Å². The van der Waals surface area contributed by atoms with Gasteiger partial charge >= 0.3 is 6.18 Å². The fourth-order valence-electron chi connectivity index (χ4n) is 3.53. The number of halogens is 3. The van der Waals surface area contributed by atoms with E-state index in [0.717, 1.165) is 17.4 Å². The normalized spacial score (nSPS) is 20.4. The van der Waals surface area contributed by atoms with Gasteiger partial charge in [-0.25, -0.2) is 4.98 Å². The molecule has 1 fully saturated rings. The number of rotatable bonds is 1. The van der Waals surface area contributed by atoms with E-state index in [4.69, 9.17) is 0 Å². The van der Waals surface area contributed by atoms with Crippen molar-refractivity contribution < 1.29 is 22.8 Å². The number of amides is 2. The zero-order valence-corrected chi connectivity index (χ0v) is 14.9. The first-order valence-corrected chi connectivity index (χ1v) is 9.16. The molecule has 26 heavy (non-hydrogen) atoms. The smallest absolute Gasteiger partial charge is 0.326 e. The highest BCUT2D eigenvalue weighted by Gasteiger charge is 2.43. The fraction of sp³-hybridized carbons (Fsp3) is 0.471. The van der Waals surface area contributed by atoms with Crippen molar-refractivity contribution >= 4 is 39.1 Å². The predicted molar refractivity (Wildman–Crippen MR) is 91.4 cm³/mol. The molecule has 1 atom stereocenters. The minimum absolute atomic E-state index is 0.0514. The van der Waals surface area contributed by atoms with Gasteiger partial charge in [0.15, 0.2) is 0 Å². The lowest BCUT2D eigenvalue weighted by Crippen LogP contribution is -2.40. The van der Waals surface area contributed by atoms with Crippen molar-refractivity contribution in [3.63, 3.8) is 0 Å². The van der Waals surface area contributed by atoms with E-state index in [0.29, 0.717) is 25.1 Å². The predicted octanol–water partition coefficient (Wildman–Crippen LogP) is 4.00. The molecule has 0 aromatic carbocycles. The van der Waals surface area contributed by atoms with E-state index in [2.05, 4.69) is 10.3 Å². The molecule has 0 aliphatic carbocycles. The van der Waals surface area contributed by atoms with E-state index in [-0.39, 0.29) is 26.7 Å². The number of carbonyl (C=O) groups excluding carboxylic acids is 2. The van der Waals surface area contributed by atoms with Crippen LogP contribution in [0.15, 0.2) is 6.07 Å². The van der Waals surface area contributed by atoms with E-state index < -0.39 is 29.6 Å². The Balaban J connectivity index is 2.01. The van der Waals surface area contributed by atoms with E-state index in [9.17, 15) is 22.8 Å². The maximum atomic E-state index is 13.7. The molecular weight excluding hydrogens is 367 g/mol. The van der Waals surface area contributed by atoms with Crippen LogP contribution < -0.4 is 5.32 Å². The molecule has 138 valence electrons. The number of nitrogens with one attached hydrogen (secondary N) is 1. The second kappa shape index (κ2) is 5.67. The highest BCUT2D eigenvalue weighted by atomic mass is 32.1. The molecule has 0 bridgehead atoms. The second-order valence-corrected chi connectivity index (χ2v) is 7.88. The third-order valence-corrected chi connectivity index (χ3v) is 5.91. The van der Waals surface area contributed by atoms with Crippen LogP contribution >= 0.6 is 11.3 Å². The van der Waals surface area contributed by atoms with Crippen LogP contribution in [0.2, 0.25) is 0 Å².